The molecular formula is C11H18N4O2. The molecule has 0 bridgehead atoms. The minimum absolute atomic E-state index is 0.00172. The summed E-state index contributed by atoms with van der Waals surface area (Å²) in [4.78, 5) is 6.01. The third kappa shape index (κ3) is 2.65. The van der Waals surface area contributed by atoms with Crippen molar-refractivity contribution in [2.75, 3.05) is 18.6 Å². The number of hydrogen-bond donors (Lipinski definition) is 3. The van der Waals surface area contributed by atoms with Crippen LogP contribution >= 0.6 is 0 Å². The Bertz CT molecular complexity index is 420. The first kappa shape index (κ1) is 13.2. The van der Waals surface area contributed by atoms with Gasteiger partial charge >= 0.3 is 0 Å². The molecule has 0 spiro atoms. The highest BCUT2D eigenvalue weighted by molar-refractivity contribution is 6.02. The molecule has 0 aliphatic rings. The Balaban J connectivity index is 3.29. The highest BCUT2D eigenvalue weighted by Gasteiger charge is 2.18. The Morgan fingerprint density at radius 1 is 1.65 bits per heavy atom. The van der Waals surface area contributed by atoms with Crippen LogP contribution in [0.2, 0.25) is 0 Å². The van der Waals surface area contributed by atoms with Crippen molar-refractivity contribution in [3.8, 4) is 0 Å². The maximum Gasteiger partial charge on any atom is 0.174 e. The third-order valence-electron chi connectivity index (χ3n) is 2.76. The molecule has 0 aromatic carbocycles. The summed E-state index contributed by atoms with van der Waals surface area (Å²) in [6, 6.07) is 1.68. The number of likely N-dealkylation sites (N-methyl/N-ethyl adjacent to an activating group) is 1. The minimum atomic E-state index is -0.102. The van der Waals surface area contributed by atoms with Crippen LogP contribution in [0.15, 0.2) is 17.4 Å². The number of amidine groups is 1. The molecule has 0 saturated heterocycles. The maximum absolute atomic E-state index is 9.14. The molecule has 1 heterocycles. The van der Waals surface area contributed by atoms with Gasteiger partial charge < -0.3 is 20.9 Å². The van der Waals surface area contributed by atoms with E-state index in [0.29, 0.717) is 11.4 Å². The van der Waals surface area contributed by atoms with E-state index in [1.54, 1.807) is 24.2 Å². The monoisotopic (exact) mass is 238 g/mol. The van der Waals surface area contributed by atoms with Gasteiger partial charge in [0.15, 0.2) is 5.84 Å². The van der Waals surface area contributed by atoms with Gasteiger partial charge in [-0.1, -0.05) is 5.16 Å². The number of hydrogen-bond acceptors (Lipinski definition) is 5. The molecule has 17 heavy (non-hydrogen) atoms. The van der Waals surface area contributed by atoms with Crippen LogP contribution in [0.5, 0.6) is 0 Å². The summed E-state index contributed by atoms with van der Waals surface area (Å²) in [7, 11) is 1.80. The summed E-state index contributed by atoms with van der Waals surface area (Å²) in [5, 5.41) is 20.9. The van der Waals surface area contributed by atoms with Gasteiger partial charge in [0.2, 0.25) is 0 Å². The molecular weight excluding hydrogens is 220 g/mol. The second-order valence-electron chi connectivity index (χ2n) is 3.95. The third-order valence-corrected chi connectivity index (χ3v) is 2.76. The highest BCUT2D eigenvalue weighted by atomic mass is 16.4. The molecule has 1 aromatic rings. The molecule has 1 aromatic heterocycles. The molecule has 6 nitrogen and oxygen atoms in total. The molecule has 6 heteroatoms. The van der Waals surface area contributed by atoms with E-state index < -0.39 is 0 Å². The fourth-order valence-corrected chi connectivity index (χ4v) is 1.51. The van der Waals surface area contributed by atoms with E-state index in [2.05, 4.69) is 10.1 Å². The van der Waals surface area contributed by atoms with E-state index in [0.717, 1.165) is 5.56 Å². The molecule has 1 unspecified atom stereocenters. The van der Waals surface area contributed by atoms with E-state index in [9.17, 15) is 0 Å². The number of pyridine rings is 1. The molecule has 0 aliphatic heterocycles. The van der Waals surface area contributed by atoms with Crippen molar-refractivity contribution in [3.63, 3.8) is 0 Å². The molecule has 94 valence electrons. The second-order valence-corrected chi connectivity index (χ2v) is 3.95. The Kier molecular flexibility index (Phi) is 4.28. The first-order valence-electron chi connectivity index (χ1n) is 5.30. The van der Waals surface area contributed by atoms with E-state index in [1.807, 2.05) is 13.8 Å². The first-order valence-corrected chi connectivity index (χ1v) is 5.30. The fraction of sp³-hybridized carbons (Fsp3) is 0.455. The predicted octanol–water partition coefficient (Wildman–Crippen LogP) is 0.302. The number of nitrogens with two attached hydrogens (primary N) is 1. The Hall–Kier alpha value is -1.82. The van der Waals surface area contributed by atoms with Gasteiger partial charge in [0.05, 0.1) is 18.2 Å². The number of aryl methyl sites for hydroxylation is 1. The predicted molar refractivity (Wildman–Crippen MR) is 66.4 cm³/mol. The van der Waals surface area contributed by atoms with Gasteiger partial charge in [-0.05, 0) is 25.5 Å². The van der Waals surface area contributed by atoms with Gasteiger partial charge in [-0.25, -0.2) is 4.98 Å². The van der Waals surface area contributed by atoms with E-state index in [4.69, 9.17) is 16.0 Å². The lowest BCUT2D eigenvalue weighted by Crippen LogP contribution is -2.34. The van der Waals surface area contributed by atoms with Crippen LogP contribution in [0.25, 0.3) is 0 Å². The number of rotatable bonds is 4. The number of oxime groups is 1. The first-order chi connectivity index (χ1) is 8.02. The van der Waals surface area contributed by atoms with Crippen LogP contribution in [0, 0.1) is 6.92 Å². The molecule has 1 rings (SSSR count). The van der Waals surface area contributed by atoms with Crippen LogP contribution in [0.1, 0.15) is 18.1 Å². The zero-order valence-electron chi connectivity index (χ0n) is 10.3. The normalized spacial score (nSPS) is 13.5. The Morgan fingerprint density at radius 2 is 2.29 bits per heavy atom. The van der Waals surface area contributed by atoms with Crippen molar-refractivity contribution < 1.29 is 10.3 Å². The van der Waals surface area contributed by atoms with E-state index in [-0.39, 0.29) is 18.5 Å². The van der Waals surface area contributed by atoms with Crippen LogP contribution < -0.4 is 10.6 Å². The van der Waals surface area contributed by atoms with Gasteiger partial charge in [-0.15, -0.1) is 0 Å². The van der Waals surface area contributed by atoms with E-state index in [1.165, 1.54) is 0 Å². The van der Waals surface area contributed by atoms with Gasteiger partial charge in [0, 0.05) is 13.2 Å². The number of aromatic nitrogens is 1. The number of nitrogens with zero attached hydrogens (tertiary/aromatic N) is 3. The quantitative estimate of drug-likeness (QED) is 0.303. The van der Waals surface area contributed by atoms with Gasteiger partial charge in [0.25, 0.3) is 0 Å². The molecule has 0 aliphatic carbocycles. The Morgan fingerprint density at radius 3 is 2.82 bits per heavy atom. The topological polar surface area (TPSA) is 95.0 Å². The average Bonchev–Trinajstić information content (AvgIpc) is 2.35. The summed E-state index contributed by atoms with van der Waals surface area (Å²) in [6.45, 7) is 3.72. The number of aliphatic hydroxyl groups is 1. The summed E-state index contributed by atoms with van der Waals surface area (Å²) >= 11 is 0. The van der Waals surface area contributed by atoms with Crippen molar-refractivity contribution in [2.45, 2.75) is 19.9 Å². The molecule has 1 atom stereocenters. The lowest BCUT2D eigenvalue weighted by atomic mass is 10.1. The summed E-state index contributed by atoms with van der Waals surface area (Å²) < 4.78 is 0. The zero-order chi connectivity index (χ0) is 13.0. The second kappa shape index (κ2) is 5.49. The van der Waals surface area contributed by atoms with Gasteiger partial charge in [0.1, 0.15) is 5.82 Å². The van der Waals surface area contributed by atoms with Gasteiger partial charge in [-0.3, -0.25) is 0 Å². The summed E-state index contributed by atoms with van der Waals surface area (Å²) in [5.74, 6) is 0.601. The van der Waals surface area contributed by atoms with Crippen molar-refractivity contribution in [3.05, 3.63) is 23.4 Å². The van der Waals surface area contributed by atoms with Crippen LogP contribution in [0.4, 0.5) is 5.82 Å². The van der Waals surface area contributed by atoms with Crippen molar-refractivity contribution in [1.29, 1.82) is 0 Å². The smallest absolute Gasteiger partial charge is 0.174 e. The van der Waals surface area contributed by atoms with Crippen LogP contribution in [0.3, 0.4) is 0 Å². The largest absolute Gasteiger partial charge is 0.409 e. The molecule has 0 radical (unpaired) electrons. The highest BCUT2D eigenvalue weighted by Crippen LogP contribution is 2.21. The van der Waals surface area contributed by atoms with Crippen LogP contribution in [-0.2, 0) is 0 Å². The number of anilines is 1. The molecule has 0 saturated carbocycles. The standard InChI is InChI=1S/C11H18N4O2/c1-7-4-5-13-11(9(7)10(12)14-17)15(3)8(2)6-16/h4-5,8,16-17H,6H2,1-3H3,(H2,12,14). The lowest BCUT2D eigenvalue weighted by molar-refractivity contribution is 0.269. The summed E-state index contributed by atoms with van der Waals surface area (Å²) in [5.41, 5.74) is 7.09. The maximum atomic E-state index is 9.14. The minimum Gasteiger partial charge on any atom is -0.409 e. The Labute approximate surface area is 100 Å². The number of aliphatic hydroxyl groups excluding tert-OH is 1. The van der Waals surface area contributed by atoms with Crippen molar-refractivity contribution in [2.24, 2.45) is 10.9 Å². The summed E-state index contributed by atoms with van der Waals surface area (Å²) in [6.07, 6.45) is 1.65. The average molecular weight is 238 g/mol. The molecule has 4 N–H and O–H groups in total. The van der Waals surface area contributed by atoms with Crippen molar-refractivity contribution >= 4 is 11.7 Å². The van der Waals surface area contributed by atoms with Crippen molar-refractivity contribution in [1.82, 2.24) is 4.98 Å². The van der Waals surface area contributed by atoms with Gasteiger partial charge in [-0.2, -0.15) is 0 Å². The lowest BCUT2D eigenvalue weighted by Gasteiger charge is -2.26. The molecule has 0 amide bonds. The zero-order valence-corrected chi connectivity index (χ0v) is 10.3. The SMILES string of the molecule is Cc1ccnc(N(C)C(C)CO)c1/C(N)=N/O. The fourth-order valence-electron chi connectivity index (χ4n) is 1.51. The van der Waals surface area contributed by atoms with E-state index >= 15 is 0 Å². The molecule has 0 fully saturated rings. The van der Waals surface area contributed by atoms with Crippen LogP contribution in [-0.4, -0.2) is 40.8 Å².